The molecule has 0 saturated heterocycles. The van der Waals surface area contributed by atoms with Crippen molar-refractivity contribution in [1.29, 1.82) is 0 Å². The lowest BCUT2D eigenvalue weighted by atomic mass is 10.2. The number of hydrogen-bond acceptors (Lipinski definition) is 2. The Balaban J connectivity index is 2.77. The molecule has 0 unspecified atom stereocenters. The van der Waals surface area contributed by atoms with Crippen molar-refractivity contribution in [2.24, 2.45) is 0 Å². The first-order chi connectivity index (χ1) is 7.38. The third-order valence-electron chi connectivity index (χ3n) is 1.96. The van der Waals surface area contributed by atoms with E-state index in [2.05, 4.69) is 12.7 Å². The minimum Gasteiger partial charge on any atom is -0.493 e. The first-order valence-electron chi connectivity index (χ1n) is 5.06. The normalized spacial score (nSPS) is 8.87. The third kappa shape index (κ3) is 3.86. The van der Waals surface area contributed by atoms with Gasteiger partial charge in [-0.2, -0.15) is 0 Å². The zero-order valence-electron chi connectivity index (χ0n) is 8.82. The van der Waals surface area contributed by atoms with E-state index in [1.165, 1.54) is 0 Å². The molecule has 0 fully saturated rings. The van der Waals surface area contributed by atoms with Crippen LogP contribution in [0.1, 0.15) is 25.3 Å². The Hall–Kier alpha value is -1.75. The van der Waals surface area contributed by atoms with Gasteiger partial charge in [-0.25, -0.2) is 4.79 Å². The number of ether oxygens (including phenoxy) is 1. The molecule has 1 aromatic carbocycles. The summed E-state index contributed by atoms with van der Waals surface area (Å²) in [5.41, 5.74) is 3.24. The van der Waals surface area contributed by atoms with E-state index in [9.17, 15) is 4.79 Å². The minimum absolute atomic E-state index is 0.701. The van der Waals surface area contributed by atoms with Crippen molar-refractivity contribution in [2.75, 3.05) is 6.61 Å². The summed E-state index contributed by atoms with van der Waals surface area (Å²) in [5.74, 6) is 2.39. The summed E-state index contributed by atoms with van der Waals surface area (Å²) in [7, 11) is 0. The number of benzene rings is 1. The van der Waals surface area contributed by atoms with Gasteiger partial charge in [0.15, 0.2) is 5.94 Å². The fraction of sp³-hybridized carbons (Fsp3) is 0.308. The molecule has 2 nitrogen and oxygen atoms in total. The van der Waals surface area contributed by atoms with Gasteiger partial charge in [0, 0.05) is 11.6 Å². The lowest BCUT2D eigenvalue weighted by molar-refractivity contribution is 0.309. The van der Waals surface area contributed by atoms with Crippen LogP contribution in [0.2, 0.25) is 0 Å². The van der Waals surface area contributed by atoms with Gasteiger partial charge >= 0.3 is 0 Å². The third-order valence-corrected chi connectivity index (χ3v) is 1.96. The zero-order valence-corrected chi connectivity index (χ0v) is 8.82. The molecule has 0 spiro atoms. The second-order valence-electron chi connectivity index (χ2n) is 3.13. The first-order valence-corrected chi connectivity index (χ1v) is 5.06. The quantitative estimate of drug-likeness (QED) is 0.417. The molecular weight excluding hydrogens is 188 g/mol. The van der Waals surface area contributed by atoms with Gasteiger partial charge in [-0.1, -0.05) is 31.5 Å². The molecule has 0 heterocycles. The molecule has 1 rings (SSSR count). The number of rotatable bonds is 5. The summed E-state index contributed by atoms with van der Waals surface area (Å²) in [6.45, 7) is 2.82. The van der Waals surface area contributed by atoms with E-state index in [1.807, 2.05) is 24.3 Å². The average molecular weight is 202 g/mol. The summed E-state index contributed by atoms with van der Waals surface area (Å²) >= 11 is 0. The predicted octanol–water partition coefficient (Wildman–Crippen LogP) is 2.87. The van der Waals surface area contributed by atoms with E-state index in [-0.39, 0.29) is 0 Å². The van der Waals surface area contributed by atoms with Crippen molar-refractivity contribution in [3.63, 3.8) is 0 Å². The molecule has 2 heteroatoms. The fourth-order valence-electron chi connectivity index (χ4n) is 1.16. The molecule has 0 atom stereocenters. The van der Waals surface area contributed by atoms with Crippen LogP contribution in [-0.2, 0) is 4.79 Å². The van der Waals surface area contributed by atoms with Crippen LogP contribution in [-0.4, -0.2) is 12.5 Å². The second kappa shape index (κ2) is 6.67. The van der Waals surface area contributed by atoms with Crippen molar-refractivity contribution in [3.05, 3.63) is 35.6 Å². The van der Waals surface area contributed by atoms with Crippen LogP contribution in [0.4, 0.5) is 0 Å². The van der Waals surface area contributed by atoms with E-state index in [0.717, 1.165) is 24.2 Å². The molecule has 15 heavy (non-hydrogen) atoms. The monoisotopic (exact) mass is 202 g/mol. The van der Waals surface area contributed by atoms with Crippen LogP contribution in [0, 0.1) is 0 Å². The van der Waals surface area contributed by atoms with Crippen molar-refractivity contribution in [3.8, 4) is 5.75 Å². The highest BCUT2D eigenvalue weighted by Crippen LogP contribution is 2.19. The summed E-state index contributed by atoms with van der Waals surface area (Å²) in [6.07, 6.45) is 3.71. The van der Waals surface area contributed by atoms with Crippen LogP contribution in [0.25, 0.3) is 6.08 Å². The Morgan fingerprint density at radius 1 is 1.40 bits per heavy atom. The number of unbranched alkanes of at least 4 members (excludes halogenated alkanes) is 1. The lowest BCUT2D eigenvalue weighted by Gasteiger charge is -2.07. The van der Waals surface area contributed by atoms with E-state index in [1.54, 1.807) is 12.0 Å². The summed E-state index contributed by atoms with van der Waals surface area (Å²) in [6, 6.07) is 7.56. The Morgan fingerprint density at radius 2 is 2.20 bits per heavy atom. The molecule has 0 aromatic heterocycles. The highest BCUT2D eigenvalue weighted by Gasteiger charge is 1.98. The van der Waals surface area contributed by atoms with Gasteiger partial charge in [-0.3, -0.25) is 0 Å². The maximum absolute atomic E-state index is 10.0. The fourth-order valence-corrected chi connectivity index (χ4v) is 1.16. The largest absolute Gasteiger partial charge is 0.493 e. The van der Waals surface area contributed by atoms with Gasteiger partial charge in [-0.15, -0.1) is 0 Å². The Kier molecular flexibility index (Phi) is 5.03. The summed E-state index contributed by atoms with van der Waals surface area (Å²) in [4.78, 5) is 10.0. The van der Waals surface area contributed by atoms with Crippen LogP contribution in [0.5, 0.6) is 5.75 Å². The smallest absolute Gasteiger partial charge is 0.177 e. The molecule has 0 aliphatic heterocycles. The van der Waals surface area contributed by atoms with Crippen molar-refractivity contribution < 1.29 is 9.53 Å². The van der Waals surface area contributed by atoms with Gasteiger partial charge in [0.05, 0.1) is 6.61 Å². The first kappa shape index (κ1) is 11.3. The highest BCUT2D eigenvalue weighted by molar-refractivity contribution is 5.62. The molecule has 0 amide bonds. The van der Waals surface area contributed by atoms with Gasteiger partial charge in [0.2, 0.25) is 0 Å². The Bertz CT molecular complexity index is 383. The summed E-state index contributed by atoms with van der Waals surface area (Å²) in [5, 5.41) is 0. The average Bonchev–Trinajstić information content (AvgIpc) is 2.28. The van der Waals surface area contributed by atoms with Crippen LogP contribution >= 0.6 is 0 Å². The van der Waals surface area contributed by atoms with E-state index >= 15 is 0 Å². The van der Waals surface area contributed by atoms with Gasteiger partial charge in [0.1, 0.15) is 5.75 Å². The van der Waals surface area contributed by atoms with Crippen molar-refractivity contribution in [1.82, 2.24) is 0 Å². The van der Waals surface area contributed by atoms with Gasteiger partial charge < -0.3 is 4.74 Å². The van der Waals surface area contributed by atoms with E-state index < -0.39 is 0 Å². The number of carbonyl (C=O) groups excluding carboxylic acids is 1. The van der Waals surface area contributed by atoms with Crippen molar-refractivity contribution in [2.45, 2.75) is 19.8 Å². The Morgan fingerprint density at radius 3 is 2.93 bits per heavy atom. The molecule has 0 radical (unpaired) electrons. The standard InChI is InChI=1S/C13H14O2/c1-2-3-11-15-13-9-5-4-7-12(13)8-6-10-14/h4-5,7-9H,2-3,11H2,1H3. The molecule has 0 aliphatic carbocycles. The molecule has 78 valence electrons. The SMILES string of the molecule is CCCCOc1ccccc1C=C=C=O. The molecule has 0 N–H and O–H groups in total. The van der Waals surface area contributed by atoms with Crippen molar-refractivity contribution >= 4 is 12.0 Å². The van der Waals surface area contributed by atoms with Gasteiger partial charge in [0.25, 0.3) is 0 Å². The molecule has 1 aromatic rings. The van der Waals surface area contributed by atoms with E-state index in [0.29, 0.717) is 6.61 Å². The molecule has 0 saturated carbocycles. The molecular formula is C13H14O2. The van der Waals surface area contributed by atoms with Crippen LogP contribution in [0.15, 0.2) is 30.0 Å². The van der Waals surface area contributed by atoms with Crippen LogP contribution < -0.4 is 4.74 Å². The van der Waals surface area contributed by atoms with Crippen LogP contribution in [0.3, 0.4) is 0 Å². The van der Waals surface area contributed by atoms with E-state index in [4.69, 9.17) is 4.74 Å². The maximum Gasteiger partial charge on any atom is 0.177 e. The minimum atomic E-state index is 0.701. The second-order valence-corrected chi connectivity index (χ2v) is 3.13. The number of hydrogen-bond donors (Lipinski definition) is 0. The Labute approximate surface area is 89.9 Å². The summed E-state index contributed by atoms with van der Waals surface area (Å²) < 4.78 is 5.57. The molecule has 0 bridgehead atoms. The number of para-hydroxylation sites is 1. The topological polar surface area (TPSA) is 26.3 Å². The van der Waals surface area contributed by atoms with Gasteiger partial charge in [-0.05, 0) is 18.2 Å². The highest BCUT2D eigenvalue weighted by atomic mass is 16.5. The lowest BCUT2D eigenvalue weighted by Crippen LogP contribution is -1.97. The zero-order chi connectivity index (χ0) is 10.9. The molecule has 0 aliphatic rings. The predicted molar refractivity (Wildman–Crippen MR) is 60.5 cm³/mol. The maximum atomic E-state index is 10.0.